The van der Waals surface area contributed by atoms with E-state index in [1.807, 2.05) is 49.4 Å². The van der Waals surface area contributed by atoms with Crippen molar-refractivity contribution in [3.8, 4) is 11.8 Å². The summed E-state index contributed by atoms with van der Waals surface area (Å²) < 4.78 is 0. The third-order valence-corrected chi connectivity index (χ3v) is 2.67. The van der Waals surface area contributed by atoms with Crippen LogP contribution < -0.4 is 5.43 Å². The van der Waals surface area contributed by atoms with Crippen LogP contribution in [-0.2, 0) is 0 Å². The van der Waals surface area contributed by atoms with E-state index in [2.05, 4.69) is 22.2 Å². The van der Waals surface area contributed by atoms with E-state index in [1.165, 1.54) is 0 Å². The predicted molar refractivity (Wildman–Crippen MR) is 65.5 cm³/mol. The van der Waals surface area contributed by atoms with Gasteiger partial charge in [-0.15, -0.1) is 0 Å². The number of rotatable bonds is 3. The molecule has 1 aliphatic rings. The second kappa shape index (κ2) is 5.13. The lowest BCUT2D eigenvalue weighted by Crippen LogP contribution is -2.44. The van der Waals surface area contributed by atoms with Gasteiger partial charge in [0.05, 0.1) is 0 Å². The van der Waals surface area contributed by atoms with Crippen LogP contribution in [0.4, 0.5) is 0 Å². The minimum atomic E-state index is 0.171. The van der Waals surface area contributed by atoms with Crippen LogP contribution in [0.5, 0.6) is 0 Å². The van der Waals surface area contributed by atoms with Crippen molar-refractivity contribution in [1.82, 2.24) is 15.3 Å². The summed E-state index contributed by atoms with van der Waals surface area (Å²) in [7, 11) is 3.93. The summed E-state index contributed by atoms with van der Waals surface area (Å²) in [5, 5.41) is 2.03. The van der Waals surface area contributed by atoms with Gasteiger partial charge in [0, 0.05) is 25.7 Å². The van der Waals surface area contributed by atoms with Crippen LogP contribution >= 0.6 is 0 Å². The Balaban J connectivity index is 2.08. The maximum Gasteiger partial charge on any atom is 0.139 e. The predicted octanol–water partition coefficient (Wildman–Crippen LogP) is 0.746. The normalized spacial score (nSPS) is 16.7. The molecule has 1 heterocycles. The molecule has 2 rings (SSSR count). The Labute approximate surface area is 97.0 Å². The summed E-state index contributed by atoms with van der Waals surface area (Å²) in [5.74, 6) is 6.50. The van der Waals surface area contributed by atoms with E-state index in [1.54, 1.807) is 0 Å². The van der Waals surface area contributed by atoms with Crippen molar-refractivity contribution in [2.75, 3.05) is 27.2 Å². The summed E-state index contributed by atoms with van der Waals surface area (Å²) in [6, 6.07) is 10.1. The van der Waals surface area contributed by atoms with Gasteiger partial charge in [0.1, 0.15) is 6.17 Å². The first-order chi connectivity index (χ1) is 7.81. The molecule has 1 atom stereocenters. The zero-order valence-electron chi connectivity index (χ0n) is 9.77. The van der Waals surface area contributed by atoms with Crippen molar-refractivity contribution < 1.29 is 0 Å². The number of hydrogen-bond donors (Lipinski definition) is 1. The fourth-order valence-corrected chi connectivity index (χ4v) is 1.53. The van der Waals surface area contributed by atoms with Crippen LogP contribution in [0.25, 0.3) is 0 Å². The topological polar surface area (TPSA) is 18.3 Å². The summed E-state index contributed by atoms with van der Waals surface area (Å²) in [6.07, 6.45) is 0.171. The van der Waals surface area contributed by atoms with Crippen molar-refractivity contribution in [2.24, 2.45) is 0 Å². The highest BCUT2D eigenvalue weighted by atomic mass is 15.6. The van der Waals surface area contributed by atoms with Crippen molar-refractivity contribution in [1.29, 1.82) is 0 Å². The molecule has 0 amide bonds. The maximum absolute atomic E-state index is 3.29. The first kappa shape index (κ1) is 11.2. The Morgan fingerprint density at radius 1 is 1.31 bits per heavy atom. The Bertz CT molecular complexity index is 387. The van der Waals surface area contributed by atoms with Crippen LogP contribution in [0.2, 0.25) is 0 Å². The van der Waals surface area contributed by atoms with Gasteiger partial charge in [0.15, 0.2) is 0 Å². The Morgan fingerprint density at radius 2 is 2.00 bits per heavy atom. The molecule has 1 fully saturated rings. The van der Waals surface area contributed by atoms with Gasteiger partial charge in [0.25, 0.3) is 0 Å². The Hall–Kier alpha value is -1.34. The van der Waals surface area contributed by atoms with Crippen LogP contribution in [0.15, 0.2) is 30.3 Å². The highest BCUT2D eigenvalue weighted by Gasteiger charge is 2.28. The SMILES string of the molecule is CNN(C)C(C#Cc1ccccc1)N1CC1. The molecule has 0 aromatic heterocycles. The molecule has 0 bridgehead atoms. The quantitative estimate of drug-likeness (QED) is 0.456. The molecule has 1 N–H and O–H groups in total. The average molecular weight is 215 g/mol. The van der Waals surface area contributed by atoms with Crippen molar-refractivity contribution in [3.05, 3.63) is 35.9 Å². The number of benzene rings is 1. The van der Waals surface area contributed by atoms with E-state index in [4.69, 9.17) is 0 Å². The van der Waals surface area contributed by atoms with Gasteiger partial charge in [-0.05, 0) is 19.2 Å². The molecule has 1 aromatic rings. The van der Waals surface area contributed by atoms with Gasteiger partial charge in [-0.25, -0.2) is 5.01 Å². The summed E-state index contributed by atoms with van der Waals surface area (Å²) in [6.45, 7) is 2.28. The van der Waals surface area contributed by atoms with Gasteiger partial charge in [-0.2, -0.15) is 0 Å². The van der Waals surface area contributed by atoms with E-state index in [-0.39, 0.29) is 6.17 Å². The molecular weight excluding hydrogens is 198 g/mol. The third kappa shape index (κ3) is 2.83. The largest absolute Gasteiger partial charge is 0.274 e. The van der Waals surface area contributed by atoms with E-state index in [9.17, 15) is 0 Å². The van der Waals surface area contributed by atoms with Crippen LogP contribution in [0.1, 0.15) is 5.56 Å². The molecule has 1 saturated heterocycles. The molecular formula is C13H17N3. The molecule has 0 aliphatic carbocycles. The summed E-state index contributed by atoms with van der Waals surface area (Å²) in [4.78, 5) is 2.31. The van der Waals surface area contributed by atoms with Crippen molar-refractivity contribution in [2.45, 2.75) is 6.17 Å². The zero-order chi connectivity index (χ0) is 11.4. The molecule has 3 heteroatoms. The van der Waals surface area contributed by atoms with E-state index in [0.717, 1.165) is 18.7 Å². The zero-order valence-corrected chi connectivity index (χ0v) is 9.77. The number of hydrazine groups is 1. The van der Waals surface area contributed by atoms with Crippen LogP contribution in [-0.4, -0.2) is 43.3 Å². The van der Waals surface area contributed by atoms with E-state index >= 15 is 0 Å². The number of hydrogen-bond acceptors (Lipinski definition) is 3. The van der Waals surface area contributed by atoms with Gasteiger partial charge >= 0.3 is 0 Å². The average Bonchev–Trinajstić information content (AvgIpc) is 3.15. The van der Waals surface area contributed by atoms with Crippen molar-refractivity contribution in [3.63, 3.8) is 0 Å². The molecule has 16 heavy (non-hydrogen) atoms. The molecule has 0 saturated carbocycles. The smallest absolute Gasteiger partial charge is 0.139 e. The highest BCUT2D eigenvalue weighted by molar-refractivity contribution is 5.34. The van der Waals surface area contributed by atoms with Gasteiger partial charge < -0.3 is 0 Å². The van der Waals surface area contributed by atoms with E-state index < -0.39 is 0 Å². The maximum atomic E-state index is 3.29. The molecule has 1 aliphatic heterocycles. The Kier molecular flexibility index (Phi) is 3.58. The summed E-state index contributed by atoms with van der Waals surface area (Å²) >= 11 is 0. The lowest BCUT2D eigenvalue weighted by atomic mass is 10.2. The second-order valence-corrected chi connectivity index (χ2v) is 3.88. The second-order valence-electron chi connectivity index (χ2n) is 3.88. The van der Waals surface area contributed by atoms with Crippen LogP contribution in [0, 0.1) is 11.8 Å². The third-order valence-electron chi connectivity index (χ3n) is 2.67. The molecule has 1 unspecified atom stereocenters. The molecule has 84 valence electrons. The first-order valence-corrected chi connectivity index (χ1v) is 5.52. The van der Waals surface area contributed by atoms with Crippen LogP contribution in [0.3, 0.4) is 0 Å². The van der Waals surface area contributed by atoms with E-state index in [0.29, 0.717) is 0 Å². The molecule has 3 nitrogen and oxygen atoms in total. The fourth-order valence-electron chi connectivity index (χ4n) is 1.53. The molecule has 0 spiro atoms. The highest BCUT2D eigenvalue weighted by Crippen LogP contribution is 2.11. The molecule has 1 aromatic carbocycles. The van der Waals surface area contributed by atoms with Gasteiger partial charge in [-0.1, -0.05) is 30.0 Å². The number of nitrogens with zero attached hydrogens (tertiary/aromatic N) is 2. The minimum Gasteiger partial charge on any atom is -0.274 e. The first-order valence-electron chi connectivity index (χ1n) is 5.52. The monoisotopic (exact) mass is 215 g/mol. The lowest BCUT2D eigenvalue weighted by molar-refractivity contribution is 0.148. The van der Waals surface area contributed by atoms with Gasteiger partial charge in [-0.3, -0.25) is 10.3 Å². The van der Waals surface area contributed by atoms with Crippen molar-refractivity contribution >= 4 is 0 Å². The lowest BCUT2D eigenvalue weighted by Gasteiger charge is -2.23. The summed E-state index contributed by atoms with van der Waals surface area (Å²) in [5.41, 5.74) is 4.18. The minimum absolute atomic E-state index is 0.171. The molecule has 0 radical (unpaired) electrons. The number of nitrogens with one attached hydrogen (secondary N) is 1. The van der Waals surface area contributed by atoms with Gasteiger partial charge in [0.2, 0.25) is 0 Å². The Morgan fingerprint density at radius 3 is 2.56 bits per heavy atom. The fraction of sp³-hybridized carbons (Fsp3) is 0.385. The standard InChI is InChI=1S/C13H17N3/c1-14-15(2)13(16-10-11-16)9-8-12-6-4-3-5-7-12/h3-7,13-14H,10-11H2,1-2H3.